The molecule has 0 aliphatic heterocycles. The summed E-state index contributed by atoms with van der Waals surface area (Å²) in [5.74, 6) is 0.886. The monoisotopic (exact) mass is 282 g/mol. The summed E-state index contributed by atoms with van der Waals surface area (Å²) in [6.45, 7) is 3.90. The lowest BCUT2D eigenvalue weighted by molar-refractivity contribution is 1.00. The zero-order chi connectivity index (χ0) is 13.3. The molecule has 2 heterocycles. The first-order valence-corrected chi connectivity index (χ1v) is 6.23. The minimum atomic E-state index is 0.408. The van der Waals surface area contributed by atoms with E-state index in [0.29, 0.717) is 27.4 Å². The van der Waals surface area contributed by atoms with Crippen LogP contribution in [0.25, 0.3) is 11.5 Å². The number of hydrogen-bond acceptors (Lipinski definition) is 4. The zero-order valence-corrected chi connectivity index (χ0v) is 11.5. The number of nitrogens with zero attached hydrogens (tertiary/aromatic N) is 3. The maximum atomic E-state index is 6.07. The predicted octanol–water partition coefficient (Wildman–Crippen LogP) is 3.30. The Morgan fingerprint density at radius 1 is 1.28 bits per heavy atom. The van der Waals surface area contributed by atoms with Crippen LogP contribution in [0.1, 0.15) is 18.2 Å². The second-order valence-corrected chi connectivity index (χ2v) is 4.68. The summed E-state index contributed by atoms with van der Waals surface area (Å²) in [6.07, 6.45) is 2.30. The van der Waals surface area contributed by atoms with Crippen LogP contribution in [0.4, 0.5) is 5.82 Å². The van der Waals surface area contributed by atoms with E-state index in [9.17, 15) is 0 Å². The van der Waals surface area contributed by atoms with Crippen LogP contribution in [0.5, 0.6) is 0 Å². The Morgan fingerprint density at radius 2 is 2.00 bits per heavy atom. The van der Waals surface area contributed by atoms with Gasteiger partial charge in [-0.15, -0.1) is 0 Å². The third-order valence-electron chi connectivity index (χ3n) is 2.62. The van der Waals surface area contributed by atoms with E-state index < -0.39 is 0 Å². The Kier molecular flexibility index (Phi) is 3.68. The van der Waals surface area contributed by atoms with Gasteiger partial charge in [0.15, 0.2) is 5.82 Å². The number of pyridine rings is 1. The van der Waals surface area contributed by atoms with Gasteiger partial charge in [-0.2, -0.15) is 0 Å². The molecule has 0 bridgehead atoms. The summed E-state index contributed by atoms with van der Waals surface area (Å²) in [4.78, 5) is 12.8. The molecule has 0 radical (unpaired) electrons. The van der Waals surface area contributed by atoms with E-state index in [0.717, 1.165) is 17.7 Å². The van der Waals surface area contributed by atoms with E-state index in [1.165, 1.54) is 6.20 Å². The molecule has 0 aliphatic rings. The van der Waals surface area contributed by atoms with Crippen molar-refractivity contribution in [2.24, 2.45) is 0 Å². The average Bonchev–Trinajstić information content (AvgIpc) is 2.28. The van der Waals surface area contributed by atoms with Crippen LogP contribution in [0.15, 0.2) is 12.3 Å². The number of nitrogen functional groups attached to an aromatic ring is 1. The molecule has 0 atom stereocenters. The lowest BCUT2D eigenvalue weighted by Gasteiger charge is -2.09. The number of hydrogen-bond donors (Lipinski definition) is 1. The van der Waals surface area contributed by atoms with Gasteiger partial charge in [-0.3, -0.25) is 0 Å². The fourth-order valence-corrected chi connectivity index (χ4v) is 2.20. The minimum Gasteiger partial charge on any atom is -0.383 e. The number of aromatic nitrogens is 3. The van der Waals surface area contributed by atoms with Crippen LogP contribution >= 0.6 is 23.2 Å². The normalized spacial score (nSPS) is 10.7. The molecule has 18 heavy (non-hydrogen) atoms. The number of aryl methyl sites for hydroxylation is 1. The number of anilines is 1. The highest BCUT2D eigenvalue weighted by molar-refractivity contribution is 6.35. The van der Waals surface area contributed by atoms with E-state index >= 15 is 0 Å². The molecule has 0 aromatic carbocycles. The summed E-state index contributed by atoms with van der Waals surface area (Å²) in [7, 11) is 0. The molecule has 4 nitrogen and oxygen atoms in total. The third-order valence-corrected chi connectivity index (χ3v) is 3.11. The van der Waals surface area contributed by atoms with Crippen LogP contribution in [0, 0.1) is 6.92 Å². The van der Waals surface area contributed by atoms with Crippen molar-refractivity contribution in [3.63, 3.8) is 0 Å². The Morgan fingerprint density at radius 3 is 2.56 bits per heavy atom. The molecule has 0 saturated carbocycles. The molecular weight excluding hydrogens is 271 g/mol. The number of rotatable bonds is 2. The molecule has 0 amide bonds. The minimum absolute atomic E-state index is 0.408. The SMILES string of the molecule is CCc1c(C)nc(-c2ncc(Cl)cc2Cl)nc1N. The Bertz CT molecular complexity index is 576. The van der Waals surface area contributed by atoms with Gasteiger partial charge in [-0.25, -0.2) is 15.0 Å². The maximum absolute atomic E-state index is 6.07. The molecule has 2 rings (SSSR count). The molecule has 2 aromatic heterocycles. The van der Waals surface area contributed by atoms with Crippen LogP contribution in [-0.2, 0) is 6.42 Å². The smallest absolute Gasteiger partial charge is 0.181 e. The first-order valence-electron chi connectivity index (χ1n) is 5.47. The van der Waals surface area contributed by atoms with E-state index in [1.54, 1.807) is 6.07 Å². The van der Waals surface area contributed by atoms with Crippen molar-refractivity contribution >= 4 is 29.0 Å². The van der Waals surface area contributed by atoms with Crippen molar-refractivity contribution in [1.29, 1.82) is 0 Å². The van der Waals surface area contributed by atoms with E-state index in [2.05, 4.69) is 15.0 Å². The van der Waals surface area contributed by atoms with Gasteiger partial charge in [-0.1, -0.05) is 30.1 Å². The first-order chi connectivity index (χ1) is 8.52. The number of halogens is 2. The van der Waals surface area contributed by atoms with Crippen LogP contribution in [0.3, 0.4) is 0 Å². The van der Waals surface area contributed by atoms with E-state index in [1.807, 2.05) is 13.8 Å². The maximum Gasteiger partial charge on any atom is 0.181 e. The van der Waals surface area contributed by atoms with Crippen molar-refractivity contribution in [3.8, 4) is 11.5 Å². The molecule has 0 spiro atoms. The van der Waals surface area contributed by atoms with Gasteiger partial charge in [0.25, 0.3) is 0 Å². The largest absolute Gasteiger partial charge is 0.383 e. The molecular formula is C12H12Cl2N4. The van der Waals surface area contributed by atoms with Gasteiger partial charge < -0.3 is 5.73 Å². The van der Waals surface area contributed by atoms with Crippen molar-refractivity contribution in [2.45, 2.75) is 20.3 Å². The molecule has 0 saturated heterocycles. The van der Waals surface area contributed by atoms with Crippen LogP contribution in [0.2, 0.25) is 10.0 Å². The summed E-state index contributed by atoms with van der Waals surface area (Å²) in [6, 6.07) is 1.61. The fourth-order valence-electron chi connectivity index (χ4n) is 1.74. The molecule has 2 aromatic rings. The van der Waals surface area contributed by atoms with Gasteiger partial charge >= 0.3 is 0 Å². The summed E-state index contributed by atoms with van der Waals surface area (Å²) in [5, 5.41) is 0.879. The van der Waals surface area contributed by atoms with Gasteiger partial charge in [-0.05, 0) is 19.4 Å². The average molecular weight is 283 g/mol. The molecule has 0 aliphatic carbocycles. The second kappa shape index (κ2) is 5.08. The van der Waals surface area contributed by atoms with Gasteiger partial charge in [0.2, 0.25) is 0 Å². The topological polar surface area (TPSA) is 64.7 Å². The van der Waals surface area contributed by atoms with E-state index in [4.69, 9.17) is 28.9 Å². The summed E-state index contributed by atoms with van der Waals surface area (Å²) in [5.41, 5.74) is 8.18. The van der Waals surface area contributed by atoms with Crippen molar-refractivity contribution in [2.75, 3.05) is 5.73 Å². The summed E-state index contributed by atoms with van der Waals surface area (Å²) < 4.78 is 0. The van der Waals surface area contributed by atoms with Gasteiger partial charge in [0, 0.05) is 17.5 Å². The van der Waals surface area contributed by atoms with Crippen molar-refractivity contribution < 1.29 is 0 Å². The highest BCUT2D eigenvalue weighted by Gasteiger charge is 2.13. The zero-order valence-electron chi connectivity index (χ0n) is 10.0. The first kappa shape index (κ1) is 13.1. The molecule has 6 heteroatoms. The van der Waals surface area contributed by atoms with Crippen LogP contribution < -0.4 is 5.73 Å². The molecule has 0 unspecified atom stereocenters. The highest BCUT2D eigenvalue weighted by atomic mass is 35.5. The van der Waals surface area contributed by atoms with Crippen molar-refractivity contribution in [3.05, 3.63) is 33.6 Å². The van der Waals surface area contributed by atoms with Gasteiger partial charge in [0.05, 0.1) is 10.0 Å². The highest BCUT2D eigenvalue weighted by Crippen LogP contribution is 2.27. The lowest BCUT2D eigenvalue weighted by Crippen LogP contribution is -2.05. The lowest BCUT2D eigenvalue weighted by atomic mass is 10.1. The van der Waals surface area contributed by atoms with Gasteiger partial charge in [0.1, 0.15) is 11.5 Å². The van der Waals surface area contributed by atoms with Crippen molar-refractivity contribution in [1.82, 2.24) is 15.0 Å². The second-order valence-electron chi connectivity index (χ2n) is 3.83. The summed E-state index contributed by atoms with van der Waals surface area (Å²) >= 11 is 11.9. The fraction of sp³-hybridized carbons (Fsp3) is 0.250. The quantitative estimate of drug-likeness (QED) is 0.918. The Balaban J connectivity index is 2.58. The molecule has 0 fully saturated rings. The Hall–Kier alpha value is -1.39. The van der Waals surface area contributed by atoms with E-state index in [-0.39, 0.29) is 0 Å². The van der Waals surface area contributed by atoms with Crippen LogP contribution in [-0.4, -0.2) is 15.0 Å². The third kappa shape index (κ3) is 2.40. The molecule has 94 valence electrons. The Labute approximate surface area is 115 Å². The standard InChI is InChI=1S/C12H12Cl2N4/c1-3-8-6(2)17-12(18-11(8)15)10-9(14)4-7(13)5-16-10/h4-5H,3H2,1-2H3,(H2,15,17,18). The predicted molar refractivity (Wildman–Crippen MR) is 73.8 cm³/mol. The number of nitrogens with two attached hydrogens (primary N) is 1. The molecule has 2 N–H and O–H groups in total.